The van der Waals surface area contributed by atoms with E-state index in [-0.39, 0.29) is 10.8 Å². The summed E-state index contributed by atoms with van der Waals surface area (Å²) in [5.41, 5.74) is 11.7. The van der Waals surface area contributed by atoms with Gasteiger partial charge in [0.1, 0.15) is 0 Å². The molecule has 4 nitrogen and oxygen atoms in total. The van der Waals surface area contributed by atoms with E-state index in [1.54, 1.807) is 0 Å². The van der Waals surface area contributed by atoms with Gasteiger partial charge in [-0.15, -0.1) is 0 Å². The maximum atomic E-state index is 5.11. The molecule has 0 bridgehead atoms. The zero-order valence-electron chi connectivity index (χ0n) is 30.3. The fourth-order valence-electron chi connectivity index (χ4n) is 8.71. The number of fused-ring (bicyclic) bond motifs is 8. The lowest BCUT2D eigenvalue weighted by molar-refractivity contribution is 0.301. The molecule has 0 N–H and O–H groups in total. The first-order valence-corrected chi connectivity index (χ1v) is 18.4. The largest absolute Gasteiger partial charge is 0.309 e. The molecule has 53 heavy (non-hydrogen) atoms. The molecule has 0 amide bonds. The van der Waals surface area contributed by atoms with Crippen LogP contribution in [0.1, 0.15) is 38.8 Å². The lowest BCUT2D eigenvalue weighted by Gasteiger charge is -2.48. The Balaban J connectivity index is 1.24. The number of para-hydroxylation sites is 1. The quantitative estimate of drug-likeness (QED) is 0.186. The number of benzene rings is 7. The van der Waals surface area contributed by atoms with E-state index in [0.29, 0.717) is 17.5 Å². The van der Waals surface area contributed by atoms with Gasteiger partial charge in [0.2, 0.25) is 0 Å². The zero-order valence-corrected chi connectivity index (χ0v) is 30.3. The third-order valence-corrected chi connectivity index (χ3v) is 12.0. The second kappa shape index (κ2) is 11.6. The maximum absolute atomic E-state index is 5.11. The van der Waals surface area contributed by atoms with Crippen molar-refractivity contribution in [2.45, 2.75) is 38.5 Å². The SMILES string of the molecule is CC1(C)c2ccccc2-c2ccc3c(c2C1(C)C)c1ccccc1n3-c1ccc(-c2nc(-c3ccccc3)nc(-c3ccccc3)n2)c2ccccc12. The normalized spacial score (nSPS) is 14.3. The molecule has 0 aliphatic heterocycles. The van der Waals surface area contributed by atoms with E-state index in [1.807, 2.05) is 36.4 Å². The number of nitrogens with zero attached hydrogens (tertiary/aromatic N) is 4. The number of hydrogen-bond acceptors (Lipinski definition) is 3. The van der Waals surface area contributed by atoms with Gasteiger partial charge in [-0.1, -0.05) is 161 Å². The molecule has 1 aliphatic carbocycles. The number of rotatable bonds is 4. The van der Waals surface area contributed by atoms with E-state index in [4.69, 9.17) is 15.0 Å². The van der Waals surface area contributed by atoms with Crippen LogP contribution >= 0.6 is 0 Å². The Kier molecular flexibility index (Phi) is 6.84. The van der Waals surface area contributed by atoms with E-state index in [2.05, 4.69) is 154 Å². The molecule has 0 spiro atoms. The van der Waals surface area contributed by atoms with Gasteiger partial charge in [0.15, 0.2) is 17.5 Å². The summed E-state index contributed by atoms with van der Waals surface area (Å²) in [5, 5.41) is 4.83. The summed E-state index contributed by atoms with van der Waals surface area (Å²) < 4.78 is 2.47. The topological polar surface area (TPSA) is 43.6 Å². The maximum Gasteiger partial charge on any atom is 0.164 e. The minimum Gasteiger partial charge on any atom is -0.309 e. The second-order valence-corrected chi connectivity index (χ2v) is 15.2. The van der Waals surface area contributed by atoms with E-state index < -0.39 is 0 Å². The van der Waals surface area contributed by atoms with Crippen molar-refractivity contribution in [3.8, 4) is 51.0 Å². The Morgan fingerprint density at radius 2 is 0.943 bits per heavy atom. The van der Waals surface area contributed by atoms with Gasteiger partial charge in [-0.25, -0.2) is 15.0 Å². The zero-order chi connectivity index (χ0) is 35.9. The standard InChI is InChI=1S/C49H38N4/c1-48(2)39-25-15-13-22-34(39)36-27-30-42-43(44(36)49(48,3)4)38-24-14-16-26-40(38)53(42)41-29-28-37(33-21-11-12-23-35(33)41)47-51-45(31-17-7-5-8-18-31)50-46(52-47)32-19-9-6-10-20-32/h5-30H,1-4H3. The lowest BCUT2D eigenvalue weighted by Crippen LogP contribution is -2.43. The van der Waals surface area contributed by atoms with Crippen LogP contribution in [-0.2, 0) is 10.8 Å². The molecule has 2 aromatic heterocycles. The van der Waals surface area contributed by atoms with Gasteiger partial charge in [-0.2, -0.15) is 0 Å². The molecule has 9 aromatic rings. The molecule has 0 radical (unpaired) electrons. The highest BCUT2D eigenvalue weighted by atomic mass is 15.0. The van der Waals surface area contributed by atoms with Crippen LogP contribution in [0.5, 0.6) is 0 Å². The number of aromatic nitrogens is 4. The Bertz CT molecular complexity index is 2820. The predicted octanol–water partition coefficient (Wildman–Crippen LogP) is 12.4. The van der Waals surface area contributed by atoms with Crippen LogP contribution in [-0.4, -0.2) is 19.5 Å². The molecule has 4 heteroatoms. The van der Waals surface area contributed by atoms with Crippen molar-refractivity contribution in [1.82, 2.24) is 19.5 Å². The highest BCUT2D eigenvalue weighted by molar-refractivity contribution is 6.15. The van der Waals surface area contributed by atoms with Crippen molar-refractivity contribution >= 4 is 32.6 Å². The third kappa shape index (κ3) is 4.58. The summed E-state index contributed by atoms with van der Waals surface area (Å²) in [6.07, 6.45) is 0. The van der Waals surface area contributed by atoms with Gasteiger partial charge in [0.25, 0.3) is 0 Å². The summed E-state index contributed by atoms with van der Waals surface area (Å²) in [6.45, 7) is 9.68. The van der Waals surface area contributed by atoms with Gasteiger partial charge in [-0.05, 0) is 57.3 Å². The van der Waals surface area contributed by atoms with E-state index in [0.717, 1.165) is 33.2 Å². The summed E-state index contributed by atoms with van der Waals surface area (Å²) >= 11 is 0. The van der Waals surface area contributed by atoms with E-state index in [9.17, 15) is 0 Å². The summed E-state index contributed by atoms with van der Waals surface area (Å²) in [4.78, 5) is 15.2. The molecule has 2 heterocycles. The Morgan fingerprint density at radius 1 is 0.396 bits per heavy atom. The average molecular weight is 683 g/mol. The van der Waals surface area contributed by atoms with Gasteiger partial charge >= 0.3 is 0 Å². The van der Waals surface area contributed by atoms with Crippen molar-refractivity contribution < 1.29 is 0 Å². The van der Waals surface area contributed by atoms with Crippen molar-refractivity contribution in [3.05, 3.63) is 169 Å². The summed E-state index contributed by atoms with van der Waals surface area (Å²) in [7, 11) is 0. The molecular weight excluding hydrogens is 645 g/mol. The Morgan fingerprint density at radius 3 is 1.64 bits per heavy atom. The molecule has 0 saturated heterocycles. The third-order valence-electron chi connectivity index (χ3n) is 12.0. The molecule has 7 aromatic carbocycles. The fraction of sp³-hybridized carbons (Fsp3) is 0.122. The van der Waals surface area contributed by atoms with E-state index >= 15 is 0 Å². The number of hydrogen-bond donors (Lipinski definition) is 0. The van der Waals surface area contributed by atoms with Crippen LogP contribution in [0, 0.1) is 0 Å². The van der Waals surface area contributed by atoms with Gasteiger partial charge in [-0.3, -0.25) is 0 Å². The van der Waals surface area contributed by atoms with Crippen LogP contribution < -0.4 is 0 Å². The molecular formula is C49H38N4. The lowest BCUT2D eigenvalue weighted by atomic mass is 9.55. The van der Waals surface area contributed by atoms with E-state index in [1.165, 1.54) is 44.1 Å². The minimum absolute atomic E-state index is 0.0792. The van der Waals surface area contributed by atoms with Crippen LogP contribution in [0.3, 0.4) is 0 Å². The van der Waals surface area contributed by atoms with Gasteiger partial charge in [0, 0.05) is 38.3 Å². The first kappa shape index (κ1) is 31.4. The molecule has 0 saturated carbocycles. The first-order valence-electron chi connectivity index (χ1n) is 18.4. The second-order valence-electron chi connectivity index (χ2n) is 15.2. The van der Waals surface area contributed by atoms with Crippen LogP contribution in [0.15, 0.2) is 158 Å². The van der Waals surface area contributed by atoms with Crippen molar-refractivity contribution in [1.29, 1.82) is 0 Å². The molecule has 10 rings (SSSR count). The smallest absolute Gasteiger partial charge is 0.164 e. The van der Waals surface area contributed by atoms with Crippen molar-refractivity contribution in [2.75, 3.05) is 0 Å². The molecule has 254 valence electrons. The van der Waals surface area contributed by atoms with Crippen molar-refractivity contribution in [2.24, 2.45) is 0 Å². The van der Waals surface area contributed by atoms with Gasteiger partial charge < -0.3 is 4.57 Å². The predicted molar refractivity (Wildman–Crippen MR) is 219 cm³/mol. The molecule has 1 aliphatic rings. The first-order chi connectivity index (χ1) is 25.8. The van der Waals surface area contributed by atoms with Crippen LogP contribution in [0.4, 0.5) is 0 Å². The van der Waals surface area contributed by atoms with Crippen LogP contribution in [0.25, 0.3) is 83.6 Å². The Labute approximate surface area is 309 Å². The monoisotopic (exact) mass is 682 g/mol. The van der Waals surface area contributed by atoms with Crippen molar-refractivity contribution in [3.63, 3.8) is 0 Å². The Hall–Kier alpha value is -6.39. The summed E-state index contributed by atoms with van der Waals surface area (Å²) in [5.74, 6) is 1.96. The minimum atomic E-state index is -0.136. The summed E-state index contributed by atoms with van der Waals surface area (Å²) in [6, 6.07) is 56.0. The van der Waals surface area contributed by atoms with Crippen LogP contribution in [0.2, 0.25) is 0 Å². The highest BCUT2D eigenvalue weighted by Crippen LogP contribution is 2.57. The average Bonchev–Trinajstić information content (AvgIpc) is 3.54. The van der Waals surface area contributed by atoms with Gasteiger partial charge in [0.05, 0.1) is 16.7 Å². The molecule has 0 unspecified atom stereocenters. The highest BCUT2D eigenvalue weighted by Gasteiger charge is 2.47. The fourth-order valence-corrected chi connectivity index (χ4v) is 8.71. The molecule has 0 fully saturated rings. The molecule has 0 atom stereocenters.